The second kappa shape index (κ2) is 9.93. The first-order valence-corrected chi connectivity index (χ1v) is 10.1. The van der Waals surface area contributed by atoms with Gasteiger partial charge in [0.1, 0.15) is 11.6 Å². The van der Waals surface area contributed by atoms with E-state index in [9.17, 15) is 14.0 Å². The standard InChI is InChI=1S/C24H25FN4O2/c1-3-24(31)29(2)15-19-7-6-17(12-20(19)25)21-9-8-18(14-27-21)22(30)10-4-16-5-11-23(26)28-13-16/h5-9,11-14H,3-4,10,15H2,1-2H3,(H2,26,28). The van der Waals surface area contributed by atoms with Crippen molar-refractivity contribution in [2.45, 2.75) is 32.7 Å². The lowest BCUT2D eigenvalue weighted by Crippen LogP contribution is -2.25. The number of Topliss-reactive ketones (excluding diaryl/α,β-unsaturated/α-hetero) is 1. The lowest BCUT2D eigenvalue weighted by Gasteiger charge is -2.17. The van der Waals surface area contributed by atoms with E-state index in [1.165, 1.54) is 17.2 Å². The van der Waals surface area contributed by atoms with E-state index < -0.39 is 5.82 Å². The summed E-state index contributed by atoms with van der Waals surface area (Å²) in [4.78, 5) is 34.0. The molecular formula is C24H25FN4O2. The van der Waals surface area contributed by atoms with Crippen LogP contribution in [0.5, 0.6) is 0 Å². The van der Waals surface area contributed by atoms with Crippen LogP contribution in [0.2, 0.25) is 0 Å². The molecule has 0 spiro atoms. The minimum atomic E-state index is -0.396. The Balaban J connectivity index is 1.65. The Morgan fingerprint density at radius 1 is 1.06 bits per heavy atom. The van der Waals surface area contributed by atoms with Gasteiger partial charge in [0.25, 0.3) is 0 Å². The van der Waals surface area contributed by atoms with E-state index in [0.29, 0.717) is 47.5 Å². The first-order valence-electron chi connectivity index (χ1n) is 10.1. The second-order valence-electron chi connectivity index (χ2n) is 7.36. The molecular weight excluding hydrogens is 395 g/mol. The summed E-state index contributed by atoms with van der Waals surface area (Å²) in [5.74, 6) is -0.0211. The fourth-order valence-corrected chi connectivity index (χ4v) is 3.16. The first-order chi connectivity index (χ1) is 14.9. The summed E-state index contributed by atoms with van der Waals surface area (Å²) in [6.07, 6.45) is 4.45. The summed E-state index contributed by atoms with van der Waals surface area (Å²) in [5, 5.41) is 0. The molecule has 0 aliphatic carbocycles. The Bertz CT molecular complexity index is 1070. The van der Waals surface area contributed by atoms with Crippen molar-refractivity contribution in [3.63, 3.8) is 0 Å². The van der Waals surface area contributed by atoms with Gasteiger partial charge in [-0.05, 0) is 36.2 Å². The van der Waals surface area contributed by atoms with E-state index in [1.54, 1.807) is 50.5 Å². The number of nitrogens with zero attached hydrogens (tertiary/aromatic N) is 3. The third kappa shape index (κ3) is 5.72. The summed E-state index contributed by atoms with van der Waals surface area (Å²) in [5.41, 5.74) is 8.63. The zero-order chi connectivity index (χ0) is 22.4. The molecule has 7 heteroatoms. The summed E-state index contributed by atoms with van der Waals surface area (Å²) in [6, 6.07) is 11.8. The van der Waals surface area contributed by atoms with Crippen molar-refractivity contribution in [3.05, 3.63) is 77.4 Å². The molecule has 1 aromatic carbocycles. The highest BCUT2D eigenvalue weighted by atomic mass is 19.1. The van der Waals surface area contributed by atoms with Crippen LogP contribution < -0.4 is 5.73 Å². The number of carbonyl (C=O) groups excluding carboxylic acids is 2. The number of benzene rings is 1. The van der Waals surface area contributed by atoms with Crippen molar-refractivity contribution in [3.8, 4) is 11.3 Å². The van der Waals surface area contributed by atoms with E-state index in [0.717, 1.165) is 5.56 Å². The predicted octanol–water partition coefficient (Wildman–Crippen LogP) is 4.05. The topological polar surface area (TPSA) is 89.2 Å². The van der Waals surface area contributed by atoms with E-state index in [1.807, 2.05) is 6.07 Å². The molecule has 6 nitrogen and oxygen atoms in total. The monoisotopic (exact) mass is 420 g/mol. The number of aryl methyl sites for hydroxylation is 1. The Labute approximate surface area is 180 Å². The molecule has 1 amide bonds. The Morgan fingerprint density at radius 3 is 2.48 bits per heavy atom. The van der Waals surface area contributed by atoms with Gasteiger partial charge in [0.2, 0.25) is 5.91 Å². The van der Waals surface area contributed by atoms with E-state index in [2.05, 4.69) is 9.97 Å². The number of halogens is 1. The maximum absolute atomic E-state index is 14.5. The molecule has 3 rings (SSSR count). The largest absolute Gasteiger partial charge is 0.384 e. The van der Waals surface area contributed by atoms with Crippen LogP contribution in [0, 0.1) is 5.82 Å². The zero-order valence-electron chi connectivity index (χ0n) is 17.6. The van der Waals surface area contributed by atoms with Gasteiger partial charge in [-0.25, -0.2) is 9.37 Å². The lowest BCUT2D eigenvalue weighted by molar-refractivity contribution is -0.130. The number of pyridine rings is 2. The number of rotatable bonds is 8. The maximum Gasteiger partial charge on any atom is 0.222 e. The molecule has 3 aromatic rings. The molecule has 2 heterocycles. The molecule has 160 valence electrons. The van der Waals surface area contributed by atoms with Gasteiger partial charge in [-0.2, -0.15) is 0 Å². The van der Waals surface area contributed by atoms with E-state index in [-0.39, 0.29) is 18.2 Å². The third-order valence-electron chi connectivity index (χ3n) is 5.06. The molecule has 0 atom stereocenters. The van der Waals surface area contributed by atoms with Crippen LogP contribution in [0.25, 0.3) is 11.3 Å². The van der Waals surface area contributed by atoms with Crippen LogP contribution in [0.15, 0.2) is 54.9 Å². The fraction of sp³-hybridized carbons (Fsp3) is 0.250. The Morgan fingerprint density at radius 2 is 1.87 bits per heavy atom. The Hall–Kier alpha value is -3.61. The molecule has 0 unspecified atom stereocenters. The number of nitrogens with two attached hydrogens (primary N) is 1. The fourth-order valence-electron chi connectivity index (χ4n) is 3.16. The molecule has 0 saturated heterocycles. The summed E-state index contributed by atoms with van der Waals surface area (Å²) < 4.78 is 14.5. The summed E-state index contributed by atoms with van der Waals surface area (Å²) in [7, 11) is 1.65. The summed E-state index contributed by atoms with van der Waals surface area (Å²) in [6.45, 7) is 1.98. The number of hydrogen-bond donors (Lipinski definition) is 1. The predicted molar refractivity (Wildman–Crippen MR) is 118 cm³/mol. The molecule has 2 aromatic heterocycles. The number of hydrogen-bond acceptors (Lipinski definition) is 5. The van der Waals surface area contributed by atoms with Crippen LogP contribution in [0.1, 0.15) is 41.3 Å². The number of anilines is 1. The van der Waals surface area contributed by atoms with Crippen LogP contribution in [-0.4, -0.2) is 33.6 Å². The average molecular weight is 420 g/mol. The Kier molecular flexibility index (Phi) is 7.07. The van der Waals surface area contributed by atoms with Crippen LogP contribution in [0.3, 0.4) is 0 Å². The molecule has 31 heavy (non-hydrogen) atoms. The van der Waals surface area contributed by atoms with Crippen molar-refractivity contribution in [1.82, 2.24) is 14.9 Å². The molecule has 0 saturated carbocycles. The van der Waals surface area contributed by atoms with Gasteiger partial charge in [-0.15, -0.1) is 0 Å². The molecule has 0 fully saturated rings. The minimum absolute atomic E-state index is 0.0268. The highest BCUT2D eigenvalue weighted by molar-refractivity contribution is 5.96. The number of nitrogen functional groups attached to an aromatic ring is 1. The average Bonchev–Trinajstić information content (AvgIpc) is 2.79. The maximum atomic E-state index is 14.5. The smallest absolute Gasteiger partial charge is 0.222 e. The van der Waals surface area contributed by atoms with Gasteiger partial charge >= 0.3 is 0 Å². The summed E-state index contributed by atoms with van der Waals surface area (Å²) >= 11 is 0. The van der Waals surface area contributed by atoms with Crippen molar-refractivity contribution in [2.75, 3.05) is 12.8 Å². The van der Waals surface area contributed by atoms with Gasteiger partial charge in [-0.3, -0.25) is 14.6 Å². The number of aromatic nitrogens is 2. The number of amides is 1. The number of carbonyl (C=O) groups is 2. The van der Waals surface area contributed by atoms with Gasteiger partial charge in [0.05, 0.1) is 5.69 Å². The van der Waals surface area contributed by atoms with Crippen molar-refractivity contribution < 1.29 is 14.0 Å². The quantitative estimate of drug-likeness (QED) is 0.556. The normalized spacial score (nSPS) is 10.7. The van der Waals surface area contributed by atoms with Crippen LogP contribution >= 0.6 is 0 Å². The van der Waals surface area contributed by atoms with Gasteiger partial charge < -0.3 is 10.6 Å². The van der Waals surface area contributed by atoms with Gasteiger partial charge in [0, 0.05) is 55.5 Å². The molecule has 0 aliphatic heterocycles. The molecule has 2 N–H and O–H groups in total. The highest BCUT2D eigenvalue weighted by Crippen LogP contribution is 2.22. The minimum Gasteiger partial charge on any atom is -0.384 e. The van der Waals surface area contributed by atoms with Crippen molar-refractivity contribution in [2.24, 2.45) is 0 Å². The van der Waals surface area contributed by atoms with Crippen LogP contribution in [-0.2, 0) is 17.8 Å². The molecule has 0 radical (unpaired) electrons. The third-order valence-corrected chi connectivity index (χ3v) is 5.06. The lowest BCUT2D eigenvalue weighted by atomic mass is 10.0. The number of ketones is 1. The van der Waals surface area contributed by atoms with Crippen molar-refractivity contribution >= 4 is 17.5 Å². The molecule has 0 aliphatic rings. The first kappa shape index (κ1) is 22.1. The van der Waals surface area contributed by atoms with Gasteiger partial charge in [-0.1, -0.05) is 25.1 Å². The highest BCUT2D eigenvalue weighted by Gasteiger charge is 2.12. The molecule has 0 bridgehead atoms. The second-order valence-corrected chi connectivity index (χ2v) is 7.36. The van der Waals surface area contributed by atoms with E-state index >= 15 is 0 Å². The van der Waals surface area contributed by atoms with Crippen molar-refractivity contribution in [1.29, 1.82) is 0 Å². The van der Waals surface area contributed by atoms with E-state index in [4.69, 9.17) is 5.73 Å². The van der Waals surface area contributed by atoms with Gasteiger partial charge in [0.15, 0.2) is 5.78 Å². The zero-order valence-corrected chi connectivity index (χ0v) is 17.6. The van der Waals surface area contributed by atoms with Crippen LogP contribution in [0.4, 0.5) is 10.2 Å². The SMILES string of the molecule is CCC(=O)N(C)Cc1ccc(-c2ccc(C(=O)CCc3ccc(N)nc3)cn2)cc1F.